The molecule has 17 heavy (non-hydrogen) atoms. The number of hydrogen-bond donors (Lipinski definition) is 0. The van der Waals surface area contributed by atoms with Crippen molar-refractivity contribution in [2.75, 3.05) is 0 Å². The highest BCUT2D eigenvalue weighted by atomic mass is 16.1. The van der Waals surface area contributed by atoms with Crippen molar-refractivity contribution in [3.63, 3.8) is 0 Å². The zero-order valence-electron chi connectivity index (χ0n) is 10.7. The van der Waals surface area contributed by atoms with Crippen LogP contribution in [-0.2, 0) is 13.0 Å². The lowest BCUT2D eigenvalue weighted by molar-refractivity contribution is 0.627. The van der Waals surface area contributed by atoms with Crippen LogP contribution in [0.25, 0.3) is 0 Å². The molecule has 0 aliphatic rings. The summed E-state index contributed by atoms with van der Waals surface area (Å²) in [4.78, 5) is 12.1. The van der Waals surface area contributed by atoms with Crippen LogP contribution in [0.5, 0.6) is 0 Å². The largest absolute Gasteiger partial charge is 0.312 e. The van der Waals surface area contributed by atoms with Gasteiger partial charge < -0.3 is 4.57 Å². The minimum Gasteiger partial charge on any atom is -0.312 e. The number of nitrogens with zero attached hydrogens (tertiary/aromatic N) is 2. The summed E-state index contributed by atoms with van der Waals surface area (Å²) in [6, 6.07) is 2.02. The summed E-state index contributed by atoms with van der Waals surface area (Å²) in [6.45, 7) is 10.2. The Balaban J connectivity index is 3.64. The van der Waals surface area contributed by atoms with Crippen LogP contribution in [0, 0.1) is 25.2 Å². The van der Waals surface area contributed by atoms with E-state index >= 15 is 0 Å². The smallest absolute Gasteiger partial charge is 0.268 e. The van der Waals surface area contributed by atoms with E-state index in [1.165, 1.54) is 0 Å². The van der Waals surface area contributed by atoms with Gasteiger partial charge in [0.1, 0.15) is 11.6 Å². The van der Waals surface area contributed by atoms with Crippen LogP contribution in [0.1, 0.15) is 35.7 Å². The van der Waals surface area contributed by atoms with Crippen LogP contribution in [0.4, 0.5) is 0 Å². The molecule has 0 N–H and O–H groups in total. The van der Waals surface area contributed by atoms with Gasteiger partial charge in [0.15, 0.2) is 0 Å². The van der Waals surface area contributed by atoms with Gasteiger partial charge in [0.05, 0.1) is 0 Å². The molecule has 90 valence electrons. The molecule has 1 aromatic rings. The Hall–Kier alpha value is -1.82. The second-order valence-corrected chi connectivity index (χ2v) is 4.13. The van der Waals surface area contributed by atoms with Crippen molar-refractivity contribution in [1.29, 1.82) is 5.26 Å². The number of hydrogen-bond acceptors (Lipinski definition) is 2. The van der Waals surface area contributed by atoms with Gasteiger partial charge in [-0.05, 0) is 37.8 Å². The fourth-order valence-electron chi connectivity index (χ4n) is 2.10. The monoisotopic (exact) mass is 230 g/mol. The van der Waals surface area contributed by atoms with Crippen LogP contribution in [-0.4, -0.2) is 4.57 Å². The molecular formula is C14H18N2O. The number of allylic oxidation sites excluding steroid dienone is 1. The maximum atomic E-state index is 12.1. The average Bonchev–Trinajstić information content (AvgIpc) is 2.31. The zero-order chi connectivity index (χ0) is 13.0. The first-order valence-electron chi connectivity index (χ1n) is 5.82. The normalized spacial score (nSPS) is 10.0. The maximum absolute atomic E-state index is 12.1. The summed E-state index contributed by atoms with van der Waals surface area (Å²) in [5.74, 6) is 0. The van der Waals surface area contributed by atoms with E-state index in [0.29, 0.717) is 13.0 Å². The number of aromatic nitrogens is 1. The molecule has 0 spiro atoms. The van der Waals surface area contributed by atoms with E-state index < -0.39 is 0 Å². The highest BCUT2D eigenvalue weighted by Crippen LogP contribution is 2.16. The quantitative estimate of drug-likeness (QED) is 0.746. The molecular weight excluding hydrogens is 212 g/mol. The summed E-state index contributed by atoms with van der Waals surface area (Å²) in [5, 5.41) is 9.09. The van der Waals surface area contributed by atoms with Crippen molar-refractivity contribution in [1.82, 2.24) is 4.57 Å². The van der Waals surface area contributed by atoms with E-state index in [1.54, 1.807) is 10.6 Å². The molecule has 1 heterocycles. The fourth-order valence-corrected chi connectivity index (χ4v) is 2.10. The third-order valence-electron chi connectivity index (χ3n) is 3.04. The van der Waals surface area contributed by atoms with Crippen molar-refractivity contribution in [3.05, 3.63) is 45.4 Å². The number of nitriles is 1. The molecule has 0 aliphatic heterocycles. The second kappa shape index (κ2) is 5.49. The van der Waals surface area contributed by atoms with Gasteiger partial charge in [0.25, 0.3) is 5.56 Å². The summed E-state index contributed by atoms with van der Waals surface area (Å²) >= 11 is 0. The molecule has 0 aliphatic carbocycles. The molecule has 0 amide bonds. The Morgan fingerprint density at radius 2 is 2.12 bits per heavy atom. The van der Waals surface area contributed by atoms with E-state index in [0.717, 1.165) is 23.2 Å². The van der Waals surface area contributed by atoms with Crippen LogP contribution in [0.3, 0.4) is 0 Å². The van der Waals surface area contributed by atoms with Crippen molar-refractivity contribution in [2.24, 2.45) is 0 Å². The maximum Gasteiger partial charge on any atom is 0.268 e. The van der Waals surface area contributed by atoms with E-state index in [9.17, 15) is 4.79 Å². The van der Waals surface area contributed by atoms with Crippen LogP contribution in [0.15, 0.2) is 17.4 Å². The third kappa shape index (κ3) is 2.31. The molecule has 0 radical (unpaired) electrons. The van der Waals surface area contributed by atoms with Crippen molar-refractivity contribution in [3.8, 4) is 6.07 Å². The molecule has 1 rings (SSSR count). The molecule has 3 heteroatoms. The Kier molecular flexibility index (Phi) is 4.28. The Morgan fingerprint density at radius 1 is 1.47 bits per heavy atom. The van der Waals surface area contributed by atoms with Gasteiger partial charge in [0.2, 0.25) is 0 Å². The van der Waals surface area contributed by atoms with Crippen LogP contribution < -0.4 is 5.56 Å². The predicted octanol–water partition coefficient (Wildman–Crippen LogP) is 2.48. The Labute approximate surface area is 102 Å². The summed E-state index contributed by atoms with van der Waals surface area (Å²) in [7, 11) is 0. The van der Waals surface area contributed by atoms with Gasteiger partial charge in [-0.1, -0.05) is 13.0 Å². The van der Waals surface area contributed by atoms with E-state index in [-0.39, 0.29) is 11.1 Å². The van der Waals surface area contributed by atoms with Gasteiger partial charge in [0, 0.05) is 12.2 Å². The third-order valence-corrected chi connectivity index (χ3v) is 3.04. The second-order valence-electron chi connectivity index (χ2n) is 4.13. The van der Waals surface area contributed by atoms with Gasteiger partial charge in [-0.25, -0.2) is 0 Å². The zero-order valence-corrected chi connectivity index (χ0v) is 10.7. The molecule has 0 atom stereocenters. The van der Waals surface area contributed by atoms with Gasteiger partial charge in [-0.3, -0.25) is 4.79 Å². The molecule has 0 bridgehead atoms. The average molecular weight is 230 g/mol. The predicted molar refractivity (Wildman–Crippen MR) is 69.1 cm³/mol. The van der Waals surface area contributed by atoms with Gasteiger partial charge >= 0.3 is 0 Å². The van der Waals surface area contributed by atoms with E-state index in [4.69, 9.17) is 5.26 Å². The summed E-state index contributed by atoms with van der Waals surface area (Å²) in [5.41, 5.74) is 2.89. The molecule has 0 aromatic carbocycles. The molecule has 0 saturated heterocycles. The van der Waals surface area contributed by atoms with Crippen LogP contribution >= 0.6 is 0 Å². The number of pyridine rings is 1. The molecule has 1 aromatic heterocycles. The molecule has 0 unspecified atom stereocenters. The first-order chi connectivity index (χ1) is 8.08. The van der Waals surface area contributed by atoms with E-state index in [2.05, 4.69) is 6.58 Å². The Morgan fingerprint density at radius 3 is 2.59 bits per heavy atom. The first-order valence-corrected chi connectivity index (χ1v) is 5.82. The minimum absolute atomic E-state index is 0.169. The van der Waals surface area contributed by atoms with E-state index in [1.807, 2.05) is 26.8 Å². The standard InChI is InChI=1S/C14H18N2O/c1-5-7-12-10(3)13(9-15)14(17)16(8-6-2)11(12)4/h5H,1,6-8H2,2-4H3. The lowest BCUT2D eigenvalue weighted by Crippen LogP contribution is -2.27. The highest BCUT2D eigenvalue weighted by molar-refractivity contribution is 5.43. The lowest BCUT2D eigenvalue weighted by Gasteiger charge is -2.16. The molecule has 0 saturated carbocycles. The minimum atomic E-state index is -0.169. The summed E-state index contributed by atoms with van der Waals surface area (Å²) in [6.07, 6.45) is 3.37. The summed E-state index contributed by atoms with van der Waals surface area (Å²) < 4.78 is 1.70. The molecule has 3 nitrogen and oxygen atoms in total. The lowest BCUT2D eigenvalue weighted by atomic mass is 10.00. The van der Waals surface area contributed by atoms with Crippen molar-refractivity contribution < 1.29 is 0 Å². The van der Waals surface area contributed by atoms with Crippen molar-refractivity contribution in [2.45, 2.75) is 40.2 Å². The topological polar surface area (TPSA) is 45.8 Å². The highest BCUT2D eigenvalue weighted by Gasteiger charge is 2.15. The van der Waals surface area contributed by atoms with Crippen LogP contribution in [0.2, 0.25) is 0 Å². The number of rotatable bonds is 4. The van der Waals surface area contributed by atoms with Gasteiger partial charge in [-0.2, -0.15) is 5.26 Å². The van der Waals surface area contributed by atoms with Crippen molar-refractivity contribution >= 4 is 0 Å². The first kappa shape index (κ1) is 13.2. The fraction of sp³-hybridized carbons (Fsp3) is 0.429. The SMILES string of the molecule is C=CCc1c(C)c(C#N)c(=O)n(CCC)c1C. The molecule has 0 fully saturated rings. The Bertz CT molecular complexity index is 533. The van der Waals surface area contributed by atoms with Gasteiger partial charge in [-0.15, -0.1) is 6.58 Å².